The Hall–Kier alpha value is -1.62. The molecule has 2 aromatic rings. The number of aryl methyl sites for hydroxylation is 1. The monoisotopic (exact) mass is 375 g/mol. The number of carbonyl (C=O) groups excluding carboxylic acids is 1. The molecule has 0 aliphatic heterocycles. The molecule has 2 atom stereocenters. The molecule has 1 saturated carbocycles. The predicted molar refractivity (Wildman–Crippen MR) is 93.9 cm³/mol. The fourth-order valence-electron chi connectivity index (χ4n) is 3.05. The molecule has 0 N–H and O–H groups in total. The number of hydrogen-bond acceptors (Lipinski definition) is 2. The van der Waals surface area contributed by atoms with Crippen LogP contribution in [-0.4, -0.2) is 26.6 Å². The molecule has 2 unspecified atom stereocenters. The van der Waals surface area contributed by atoms with Gasteiger partial charge in [0.15, 0.2) is 0 Å². The van der Waals surface area contributed by atoms with Gasteiger partial charge in [-0.1, -0.05) is 28.1 Å². The van der Waals surface area contributed by atoms with Gasteiger partial charge in [-0.15, -0.1) is 0 Å². The van der Waals surface area contributed by atoms with Crippen molar-refractivity contribution in [2.24, 2.45) is 13.0 Å². The van der Waals surface area contributed by atoms with Crippen molar-refractivity contribution < 1.29 is 4.79 Å². The maximum atomic E-state index is 12.9. The number of benzene rings is 1. The molecule has 1 aliphatic rings. The Morgan fingerprint density at radius 2 is 2.26 bits per heavy atom. The average Bonchev–Trinajstić information content (AvgIpc) is 3.20. The highest BCUT2D eigenvalue weighted by atomic mass is 79.9. The number of nitrogens with zero attached hydrogens (tertiary/aromatic N) is 3. The summed E-state index contributed by atoms with van der Waals surface area (Å²) in [5.74, 6) is 0.729. The highest BCUT2D eigenvalue weighted by molar-refractivity contribution is 9.10. The van der Waals surface area contributed by atoms with E-state index in [4.69, 9.17) is 0 Å². The van der Waals surface area contributed by atoms with Gasteiger partial charge in [-0.25, -0.2) is 0 Å². The van der Waals surface area contributed by atoms with Crippen LogP contribution in [-0.2, 0) is 18.4 Å². The predicted octanol–water partition coefficient (Wildman–Crippen LogP) is 3.72. The minimum atomic E-state index is 0.114. The molecule has 1 amide bonds. The van der Waals surface area contributed by atoms with Gasteiger partial charge in [0.1, 0.15) is 0 Å². The van der Waals surface area contributed by atoms with Crippen molar-refractivity contribution in [2.75, 3.05) is 0 Å². The van der Waals surface area contributed by atoms with E-state index in [0.29, 0.717) is 12.5 Å². The van der Waals surface area contributed by atoms with Crippen LogP contribution in [0.2, 0.25) is 0 Å². The van der Waals surface area contributed by atoms with E-state index in [2.05, 4.69) is 47.0 Å². The molecule has 0 spiro atoms. The third-order valence-electron chi connectivity index (χ3n) is 4.40. The Morgan fingerprint density at radius 3 is 2.87 bits per heavy atom. The standard InChI is InChI=1S/C18H22BrN3O/c1-12(2)22(11-13-9-20-21(3)10-13)18(23)17-8-16(17)14-5-4-6-15(19)7-14/h4-7,9-10,12,16-17H,8,11H2,1-3H3. The Balaban J connectivity index is 1.70. The van der Waals surface area contributed by atoms with Gasteiger partial charge in [0.05, 0.1) is 6.20 Å². The average molecular weight is 376 g/mol. The quantitative estimate of drug-likeness (QED) is 0.798. The molecule has 1 aromatic carbocycles. The molecule has 122 valence electrons. The van der Waals surface area contributed by atoms with E-state index in [-0.39, 0.29) is 17.9 Å². The molecule has 0 radical (unpaired) electrons. The number of hydrogen-bond donors (Lipinski definition) is 0. The van der Waals surface area contributed by atoms with Crippen LogP contribution in [0.25, 0.3) is 0 Å². The van der Waals surface area contributed by atoms with Crippen molar-refractivity contribution in [2.45, 2.75) is 38.8 Å². The van der Waals surface area contributed by atoms with Crippen LogP contribution in [0.15, 0.2) is 41.1 Å². The molecule has 3 rings (SSSR count). The van der Waals surface area contributed by atoms with Crippen LogP contribution in [0.1, 0.15) is 37.3 Å². The van der Waals surface area contributed by atoms with E-state index < -0.39 is 0 Å². The fraction of sp³-hybridized carbons (Fsp3) is 0.444. The van der Waals surface area contributed by atoms with E-state index in [0.717, 1.165) is 16.5 Å². The summed E-state index contributed by atoms with van der Waals surface area (Å²) in [7, 11) is 1.90. The first-order valence-electron chi connectivity index (χ1n) is 7.99. The Bertz CT molecular complexity index is 710. The van der Waals surface area contributed by atoms with Crippen LogP contribution < -0.4 is 0 Å². The molecule has 1 heterocycles. The number of aromatic nitrogens is 2. The second-order valence-corrected chi connectivity index (χ2v) is 7.50. The Labute approximate surface area is 145 Å². The third-order valence-corrected chi connectivity index (χ3v) is 4.90. The largest absolute Gasteiger partial charge is 0.336 e. The van der Waals surface area contributed by atoms with Crippen LogP contribution in [0, 0.1) is 5.92 Å². The van der Waals surface area contributed by atoms with Crippen LogP contribution >= 0.6 is 15.9 Å². The van der Waals surface area contributed by atoms with E-state index in [1.165, 1.54) is 5.56 Å². The lowest BCUT2D eigenvalue weighted by Gasteiger charge is -2.26. The molecule has 5 heteroatoms. The molecule has 0 saturated heterocycles. The number of rotatable bonds is 5. The van der Waals surface area contributed by atoms with Crippen LogP contribution in [0.3, 0.4) is 0 Å². The molecule has 1 aliphatic carbocycles. The summed E-state index contributed by atoms with van der Waals surface area (Å²) in [6.07, 6.45) is 4.76. The molecular weight excluding hydrogens is 354 g/mol. The third kappa shape index (κ3) is 3.66. The number of carbonyl (C=O) groups is 1. The summed E-state index contributed by atoms with van der Waals surface area (Å²) >= 11 is 3.51. The minimum Gasteiger partial charge on any atom is -0.336 e. The maximum absolute atomic E-state index is 12.9. The summed E-state index contributed by atoms with van der Waals surface area (Å²) < 4.78 is 2.85. The van der Waals surface area contributed by atoms with Gasteiger partial charge in [-0.3, -0.25) is 9.48 Å². The summed E-state index contributed by atoms with van der Waals surface area (Å²) in [5.41, 5.74) is 2.33. The van der Waals surface area contributed by atoms with E-state index in [9.17, 15) is 4.79 Å². The topological polar surface area (TPSA) is 38.1 Å². The van der Waals surface area contributed by atoms with E-state index in [1.807, 2.05) is 36.5 Å². The highest BCUT2D eigenvalue weighted by Crippen LogP contribution is 2.49. The van der Waals surface area contributed by atoms with E-state index in [1.54, 1.807) is 4.68 Å². The van der Waals surface area contributed by atoms with Crippen molar-refractivity contribution in [1.29, 1.82) is 0 Å². The maximum Gasteiger partial charge on any atom is 0.226 e. The zero-order valence-corrected chi connectivity index (χ0v) is 15.3. The lowest BCUT2D eigenvalue weighted by molar-refractivity contribution is -0.135. The normalized spacial score (nSPS) is 19.9. The van der Waals surface area contributed by atoms with Crippen molar-refractivity contribution in [3.05, 3.63) is 52.3 Å². The van der Waals surface area contributed by atoms with Crippen LogP contribution in [0.5, 0.6) is 0 Å². The molecular formula is C18H22BrN3O. The SMILES string of the molecule is CC(C)N(Cc1cnn(C)c1)C(=O)C1CC1c1cccc(Br)c1. The van der Waals surface area contributed by atoms with Crippen molar-refractivity contribution in [1.82, 2.24) is 14.7 Å². The van der Waals surface area contributed by atoms with Gasteiger partial charge in [0, 0.05) is 41.8 Å². The molecule has 4 nitrogen and oxygen atoms in total. The Morgan fingerprint density at radius 1 is 1.48 bits per heavy atom. The molecule has 23 heavy (non-hydrogen) atoms. The van der Waals surface area contributed by atoms with Gasteiger partial charge in [0.2, 0.25) is 5.91 Å². The second-order valence-electron chi connectivity index (χ2n) is 6.59. The van der Waals surface area contributed by atoms with Crippen molar-refractivity contribution in [3.8, 4) is 0 Å². The summed E-state index contributed by atoms with van der Waals surface area (Å²) in [4.78, 5) is 14.9. The van der Waals surface area contributed by atoms with Gasteiger partial charge in [0.25, 0.3) is 0 Å². The summed E-state index contributed by atoms with van der Waals surface area (Å²) in [6, 6.07) is 8.48. The van der Waals surface area contributed by atoms with Crippen molar-refractivity contribution in [3.63, 3.8) is 0 Å². The van der Waals surface area contributed by atoms with Gasteiger partial charge in [-0.2, -0.15) is 5.10 Å². The zero-order chi connectivity index (χ0) is 16.6. The number of amides is 1. The fourth-order valence-corrected chi connectivity index (χ4v) is 3.47. The van der Waals surface area contributed by atoms with Gasteiger partial charge >= 0.3 is 0 Å². The second kappa shape index (κ2) is 6.48. The molecule has 1 aromatic heterocycles. The first-order chi connectivity index (χ1) is 11.0. The van der Waals surface area contributed by atoms with Crippen LogP contribution in [0.4, 0.5) is 0 Å². The lowest BCUT2D eigenvalue weighted by atomic mass is 10.1. The summed E-state index contributed by atoms with van der Waals surface area (Å²) in [5, 5.41) is 4.19. The summed E-state index contributed by atoms with van der Waals surface area (Å²) in [6.45, 7) is 4.78. The first kappa shape index (κ1) is 16.2. The number of halogens is 1. The molecule has 0 bridgehead atoms. The highest BCUT2D eigenvalue weighted by Gasteiger charge is 2.46. The first-order valence-corrected chi connectivity index (χ1v) is 8.78. The van der Waals surface area contributed by atoms with Gasteiger partial charge in [-0.05, 0) is 43.9 Å². The zero-order valence-electron chi connectivity index (χ0n) is 13.7. The van der Waals surface area contributed by atoms with Crippen molar-refractivity contribution >= 4 is 21.8 Å². The lowest BCUT2D eigenvalue weighted by Crippen LogP contribution is -2.37. The minimum absolute atomic E-state index is 0.114. The van der Waals surface area contributed by atoms with Gasteiger partial charge < -0.3 is 4.90 Å². The smallest absolute Gasteiger partial charge is 0.226 e. The Kier molecular flexibility index (Phi) is 4.57. The molecule has 1 fully saturated rings. The van der Waals surface area contributed by atoms with E-state index >= 15 is 0 Å².